The number of amides is 1. The first-order valence-corrected chi connectivity index (χ1v) is 5.10. The van der Waals surface area contributed by atoms with Crippen LogP contribution in [0.2, 0.25) is 0 Å². The van der Waals surface area contributed by atoms with E-state index in [-0.39, 0.29) is 12.5 Å². The van der Waals surface area contributed by atoms with Crippen LogP contribution in [0.15, 0.2) is 0 Å². The average molecular weight is 207 g/mol. The highest BCUT2D eigenvalue weighted by atomic mass is 19.3. The fourth-order valence-electron chi connectivity index (χ4n) is 1.45. The molecule has 0 saturated carbocycles. The Morgan fingerprint density at radius 1 is 1.50 bits per heavy atom. The van der Waals surface area contributed by atoms with E-state index in [1.54, 1.807) is 0 Å². The van der Waals surface area contributed by atoms with Gasteiger partial charge in [0.25, 0.3) is 5.91 Å². The number of hydrogen-bond donors (Lipinski definition) is 1. The summed E-state index contributed by atoms with van der Waals surface area (Å²) in [4.78, 5) is 10.6. The van der Waals surface area contributed by atoms with Crippen LogP contribution in [0.5, 0.6) is 0 Å². The molecule has 1 aliphatic heterocycles. The molecule has 14 heavy (non-hydrogen) atoms. The van der Waals surface area contributed by atoms with Crippen LogP contribution in [0.25, 0.3) is 0 Å². The first-order chi connectivity index (χ1) is 6.44. The molecule has 1 unspecified atom stereocenters. The van der Waals surface area contributed by atoms with Gasteiger partial charge in [-0.3, -0.25) is 4.79 Å². The second-order valence-corrected chi connectivity index (χ2v) is 3.66. The Kier molecular flexibility index (Phi) is 5.02. The fraction of sp³-hybridized carbons (Fsp3) is 0.900. The second-order valence-electron chi connectivity index (χ2n) is 3.66. The van der Waals surface area contributed by atoms with Crippen LogP contribution in [-0.4, -0.2) is 18.4 Å². The summed E-state index contributed by atoms with van der Waals surface area (Å²) in [6, 6.07) is 0. The van der Waals surface area contributed by atoms with Gasteiger partial charge >= 0.3 is 5.92 Å². The highest BCUT2D eigenvalue weighted by Crippen LogP contribution is 2.33. The number of carbonyl (C=O) groups is 1. The topological polar surface area (TPSA) is 29.1 Å². The van der Waals surface area contributed by atoms with Crippen LogP contribution in [0, 0.1) is 11.8 Å². The molecule has 1 rings (SSSR count). The quantitative estimate of drug-likeness (QED) is 0.740. The molecule has 0 radical (unpaired) electrons. The summed E-state index contributed by atoms with van der Waals surface area (Å²) in [5.74, 6) is -4.88. The summed E-state index contributed by atoms with van der Waals surface area (Å²) in [6.45, 7) is 7.86. The zero-order valence-corrected chi connectivity index (χ0v) is 9.23. The zero-order valence-electron chi connectivity index (χ0n) is 9.23. The Bertz CT molecular complexity index is 193. The maximum Gasteiger partial charge on any atom is 0.329 e. The summed E-state index contributed by atoms with van der Waals surface area (Å²) >= 11 is 0. The molecule has 1 N–H and O–H groups in total. The van der Waals surface area contributed by atoms with Crippen molar-refractivity contribution in [1.29, 1.82) is 0 Å². The smallest absolute Gasteiger partial charge is 0.329 e. The van der Waals surface area contributed by atoms with Crippen LogP contribution >= 0.6 is 0 Å². The molecule has 4 heteroatoms. The van der Waals surface area contributed by atoms with Crippen LogP contribution in [0.1, 0.15) is 34.1 Å². The van der Waals surface area contributed by atoms with Crippen LogP contribution in [-0.2, 0) is 4.79 Å². The van der Waals surface area contributed by atoms with Crippen molar-refractivity contribution in [2.45, 2.75) is 40.0 Å². The van der Waals surface area contributed by atoms with Gasteiger partial charge in [-0.25, -0.2) is 0 Å². The van der Waals surface area contributed by atoms with Crippen molar-refractivity contribution in [2.24, 2.45) is 11.8 Å². The Morgan fingerprint density at radius 2 is 2.00 bits per heavy atom. The molecule has 0 bridgehead atoms. The molecule has 1 amide bonds. The van der Waals surface area contributed by atoms with Crippen LogP contribution in [0.3, 0.4) is 0 Å². The molecule has 1 heterocycles. The third-order valence-electron chi connectivity index (χ3n) is 2.08. The molecule has 0 aliphatic carbocycles. The highest BCUT2D eigenvalue weighted by Gasteiger charge is 2.51. The predicted octanol–water partition coefficient (Wildman–Crippen LogP) is 2.44. The summed E-state index contributed by atoms with van der Waals surface area (Å²) in [5.41, 5.74) is 0. The Morgan fingerprint density at radius 3 is 2.29 bits per heavy atom. The molecule has 1 saturated heterocycles. The number of carbonyl (C=O) groups excluding carboxylic acids is 1. The van der Waals surface area contributed by atoms with Crippen LogP contribution < -0.4 is 5.32 Å². The molecule has 1 atom stereocenters. The van der Waals surface area contributed by atoms with Crippen molar-refractivity contribution in [3.8, 4) is 0 Å². The minimum absolute atomic E-state index is 0.115. The lowest BCUT2D eigenvalue weighted by Crippen LogP contribution is -2.33. The molecule has 0 spiro atoms. The summed E-state index contributed by atoms with van der Waals surface area (Å²) in [5, 5.41) is 2.18. The van der Waals surface area contributed by atoms with Crippen molar-refractivity contribution in [3.05, 3.63) is 0 Å². The van der Waals surface area contributed by atoms with E-state index >= 15 is 0 Å². The predicted molar refractivity (Wildman–Crippen MR) is 52.2 cm³/mol. The SMILES string of the molecule is CC.CC(C)CC1CNC(=O)C1(F)F. The first-order valence-electron chi connectivity index (χ1n) is 5.10. The van der Waals surface area contributed by atoms with E-state index in [1.165, 1.54) is 0 Å². The summed E-state index contributed by atoms with van der Waals surface area (Å²) in [7, 11) is 0. The number of alkyl halides is 2. The molecular formula is C10H19F2NO. The maximum atomic E-state index is 13.0. The Balaban J connectivity index is 0.000000791. The maximum absolute atomic E-state index is 13.0. The van der Waals surface area contributed by atoms with E-state index in [2.05, 4.69) is 5.32 Å². The third kappa shape index (κ3) is 2.93. The van der Waals surface area contributed by atoms with Gasteiger partial charge in [-0.1, -0.05) is 27.7 Å². The van der Waals surface area contributed by atoms with Gasteiger partial charge in [-0.2, -0.15) is 8.78 Å². The molecule has 1 fully saturated rings. The van der Waals surface area contributed by atoms with E-state index < -0.39 is 17.7 Å². The lowest BCUT2D eigenvalue weighted by atomic mass is 9.94. The average Bonchev–Trinajstić information content (AvgIpc) is 2.35. The van der Waals surface area contributed by atoms with Gasteiger partial charge in [0.05, 0.1) is 0 Å². The molecule has 0 aromatic heterocycles. The van der Waals surface area contributed by atoms with Gasteiger partial charge in [0.2, 0.25) is 0 Å². The normalized spacial score (nSPS) is 24.2. The van der Waals surface area contributed by atoms with E-state index in [9.17, 15) is 13.6 Å². The third-order valence-corrected chi connectivity index (χ3v) is 2.08. The molecule has 0 aromatic carbocycles. The highest BCUT2D eigenvalue weighted by molar-refractivity contribution is 5.85. The second kappa shape index (κ2) is 5.27. The number of hydrogen-bond acceptors (Lipinski definition) is 1. The minimum Gasteiger partial charge on any atom is -0.350 e. The van der Waals surface area contributed by atoms with E-state index in [4.69, 9.17) is 0 Å². The van der Waals surface area contributed by atoms with Crippen molar-refractivity contribution in [2.75, 3.05) is 6.54 Å². The van der Waals surface area contributed by atoms with Crippen molar-refractivity contribution < 1.29 is 13.6 Å². The van der Waals surface area contributed by atoms with Crippen molar-refractivity contribution in [1.82, 2.24) is 5.32 Å². The monoisotopic (exact) mass is 207 g/mol. The Hall–Kier alpha value is -0.670. The van der Waals surface area contributed by atoms with E-state index in [0.717, 1.165) is 0 Å². The summed E-state index contributed by atoms with van der Waals surface area (Å²) in [6.07, 6.45) is 0.395. The number of nitrogens with one attached hydrogen (secondary N) is 1. The molecule has 0 aromatic rings. The minimum atomic E-state index is -3.15. The number of rotatable bonds is 2. The molecule has 1 aliphatic rings. The van der Waals surface area contributed by atoms with Gasteiger partial charge in [0, 0.05) is 12.5 Å². The van der Waals surface area contributed by atoms with Crippen molar-refractivity contribution >= 4 is 5.91 Å². The molecule has 84 valence electrons. The van der Waals surface area contributed by atoms with E-state index in [0.29, 0.717) is 6.42 Å². The fourth-order valence-corrected chi connectivity index (χ4v) is 1.45. The zero-order chi connectivity index (χ0) is 11.4. The van der Waals surface area contributed by atoms with Gasteiger partial charge < -0.3 is 5.32 Å². The first kappa shape index (κ1) is 13.3. The van der Waals surface area contributed by atoms with Gasteiger partial charge in [0.1, 0.15) is 0 Å². The lowest BCUT2D eigenvalue weighted by molar-refractivity contribution is -0.144. The van der Waals surface area contributed by atoms with Crippen LogP contribution in [0.4, 0.5) is 8.78 Å². The standard InChI is InChI=1S/C8H13F2NO.C2H6/c1-5(2)3-6-4-11-7(12)8(6,9)10;1-2/h5-6H,3-4H2,1-2H3,(H,11,12);1-2H3. The van der Waals surface area contributed by atoms with Gasteiger partial charge in [-0.05, 0) is 12.3 Å². The summed E-state index contributed by atoms with van der Waals surface area (Å²) < 4.78 is 25.9. The lowest BCUT2D eigenvalue weighted by Gasteiger charge is -2.17. The van der Waals surface area contributed by atoms with Gasteiger partial charge in [-0.15, -0.1) is 0 Å². The Labute approximate surface area is 84.1 Å². The molecular weight excluding hydrogens is 188 g/mol. The van der Waals surface area contributed by atoms with E-state index in [1.807, 2.05) is 27.7 Å². The van der Waals surface area contributed by atoms with Crippen molar-refractivity contribution in [3.63, 3.8) is 0 Å². The number of halogens is 2. The largest absolute Gasteiger partial charge is 0.350 e. The molecule has 2 nitrogen and oxygen atoms in total. The van der Waals surface area contributed by atoms with Gasteiger partial charge in [0.15, 0.2) is 0 Å².